The Morgan fingerprint density at radius 3 is 0.839 bits per heavy atom. The minimum atomic E-state index is -0.898. The van der Waals surface area contributed by atoms with Crippen LogP contribution in [0.25, 0.3) is 0 Å². The fraction of sp³-hybridized carbons (Fsp3) is 0.917. The predicted octanol–water partition coefficient (Wildman–Crippen LogP) is 10.5. The van der Waals surface area contributed by atoms with E-state index in [1.807, 2.05) is 0 Å². The van der Waals surface area contributed by atoms with Crippen LogP contribution in [0.4, 0.5) is 0 Å². The fourth-order valence-corrected chi connectivity index (χ4v) is 10.8. The highest BCUT2D eigenvalue weighted by molar-refractivity contribution is 5.94. The molecule has 0 aromatic carbocycles. The van der Waals surface area contributed by atoms with Crippen LogP contribution in [0.1, 0.15) is 220 Å². The topological polar surface area (TPSA) is 116 Å². The molecule has 4 aliphatic carbocycles. The van der Waals surface area contributed by atoms with E-state index in [-0.39, 0.29) is 60.6 Å². The monoisotopic (exact) mass is 783 g/mol. The van der Waals surface area contributed by atoms with Gasteiger partial charge in [-0.1, -0.05) is 105 Å². The summed E-state index contributed by atoms with van der Waals surface area (Å²) in [5.74, 6) is 0.314. The first-order valence-corrected chi connectivity index (χ1v) is 24.4. The Hall–Kier alpha value is -2.12. The van der Waals surface area contributed by atoms with E-state index in [1.54, 1.807) is 0 Å². The third-order valence-electron chi connectivity index (χ3n) is 14.6. The molecule has 4 N–H and O–H groups in total. The highest BCUT2D eigenvalue weighted by atomic mass is 16.2. The Bertz CT molecular complexity index is 1040. The molecule has 4 saturated carbocycles. The molecule has 0 spiro atoms. The lowest BCUT2D eigenvalue weighted by Crippen LogP contribution is -2.51. The van der Waals surface area contributed by atoms with Gasteiger partial charge in [0.1, 0.15) is 0 Å². The molecule has 0 saturated heterocycles. The molecule has 8 nitrogen and oxygen atoms in total. The standard InChI is InChI=1S/C48H86N4O4/c1-5-9-13-35-17-25-39(26-18-35)49-45(53)33-43(47(55)51-41-29-21-37(22-30-41)15-11-7-3)44(48(56)52-42-31-23-38(24-32-42)16-12-8-4)34-46(54)50-40-27-19-36(20-28-40)14-10-6-2/h35-44H,5-34H2,1-4H3,(H,49,53)(H,50,54)(H,51,55)(H,52,56). The summed E-state index contributed by atoms with van der Waals surface area (Å²) in [6.45, 7) is 8.97. The molecule has 0 bridgehead atoms. The van der Waals surface area contributed by atoms with Crippen LogP contribution in [0, 0.1) is 35.5 Å². The molecule has 2 atom stereocenters. The molecule has 8 heteroatoms. The van der Waals surface area contributed by atoms with Crippen molar-refractivity contribution in [2.75, 3.05) is 0 Å². The second-order valence-corrected chi connectivity index (χ2v) is 19.2. The quantitative estimate of drug-likeness (QED) is 0.0826. The zero-order chi connectivity index (χ0) is 40.1. The van der Waals surface area contributed by atoms with Crippen molar-refractivity contribution in [3.63, 3.8) is 0 Å². The summed E-state index contributed by atoms with van der Waals surface area (Å²) in [6, 6.07) is 0.299. The molecule has 56 heavy (non-hydrogen) atoms. The van der Waals surface area contributed by atoms with Crippen molar-refractivity contribution in [2.24, 2.45) is 35.5 Å². The molecular weight excluding hydrogens is 697 g/mol. The molecular formula is C48H86N4O4. The van der Waals surface area contributed by atoms with Crippen LogP contribution in [0.15, 0.2) is 0 Å². The third kappa shape index (κ3) is 16.6. The number of carbonyl (C=O) groups excluding carboxylic acids is 4. The molecule has 4 aliphatic rings. The van der Waals surface area contributed by atoms with Gasteiger partial charge in [-0.25, -0.2) is 0 Å². The average Bonchev–Trinajstić information content (AvgIpc) is 3.21. The zero-order valence-electron chi connectivity index (χ0n) is 36.6. The summed E-state index contributed by atoms with van der Waals surface area (Å²) in [6.07, 6.45) is 31.3. The van der Waals surface area contributed by atoms with Crippen LogP contribution in [-0.4, -0.2) is 47.8 Å². The van der Waals surface area contributed by atoms with E-state index in [2.05, 4.69) is 49.0 Å². The summed E-state index contributed by atoms with van der Waals surface area (Å²) < 4.78 is 0. The number of carbonyl (C=O) groups is 4. The van der Waals surface area contributed by atoms with Gasteiger partial charge in [-0.3, -0.25) is 19.2 Å². The molecule has 4 fully saturated rings. The zero-order valence-corrected chi connectivity index (χ0v) is 36.6. The fourth-order valence-electron chi connectivity index (χ4n) is 10.8. The van der Waals surface area contributed by atoms with Crippen LogP contribution < -0.4 is 21.3 Å². The van der Waals surface area contributed by atoms with E-state index in [1.165, 1.54) is 77.0 Å². The summed E-state index contributed by atoms with van der Waals surface area (Å²) >= 11 is 0. The summed E-state index contributed by atoms with van der Waals surface area (Å²) in [7, 11) is 0. The van der Waals surface area contributed by atoms with E-state index in [4.69, 9.17) is 0 Å². The molecule has 322 valence electrons. The van der Waals surface area contributed by atoms with E-state index < -0.39 is 11.8 Å². The van der Waals surface area contributed by atoms with Gasteiger partial charge in [0.15, 0.2) is 0 Å². The predicted molar refractivity (Wildman–Crippen MR) is 230 cm³/mol. The van der Waals surface area contributed by atoms with Crippen molar-refractivity contribution in [2.45, 2.75) is 244 Å². The van der Waals surface area contributed by atoms with Crippen LogP contribution in [0.3, 0.4) is 0 Å². The highest BCUT2D eigenvalue weighted by Gasteiger charge is 2.40. The van der Waals surface area contributed by atoms with E-state index in [0.29, 0.717) is 11.8 Å². The van der Waals surface area contributed by atoms with Gasteiger partial charge in [0.25, 0.3) is 0 Å². The molecule has 2 unspecified atom stereocenters. The van der Waals surface area contributed by atoms with Crippen LogP contribution in [0.5, 0.6) is 0 Å². The van der Waals surface area contributed by atoms with Gasteiger partial charge in [-0.05, 0) is 126 Å². The SMILES string of the molecule is CCCCC1CCC(NC(=O)CC(C(=O)NC2CCC(CCCC)CC2)C(CC(=O)NC2CCC(CCCC)CC2)C(=O)NC2CCC(CCCC)CC2)CC1. The second kappa shape index (κ2) is 26.1. The lowest BCUT2D eigenvalue weighted by molar-refractivity contribution is -0.141. The molecule has 4 amide bonds. The minimum Gasteiger partial charge on any atom is -0.353 e. The third-order valence-corrected chi connectivity index (χ3v) is 14.6. The van der Waals surface area contributed by atoms with E-state index in [0.717, 1.165) is 115 Å². The smallest absolute Gasteiger partial charge is 0.224 e. The maximum atomic E-state index is 14.5. The number of unbranched alkanes of at least 4 members (excludes halogenated alkanes) is 4. The van der Waals surface area contributed by atoms with Crippen molar-refractivity contribution < 1.29 is 19.2 Å². The van der Waals surface area contributed by atoms with Gasteiger partial charge in [0.2, 0.25) is 23.6 Å². The summed E-state index contributed by atoms with van der Waals surface area (Å²) in [5, 5.41) is 13.3. The number of nitrogens with one attached hydrogen (secondary N) is 4. The lowest BCUT2D eigenvalue weighted by atomic mass is 9.80. The first-order chi connectivity index (χ1) is 27.2. The van der Waals surface area contributed by atoms with E-state index >= 15 is 0 Å². The summed E-state index contributed by atoms with van der Waals surface area (Å²) in [4.78, 5) is 56.9. The van der Waals surface area contributed by atoms with Gasteiger partial charge in [0, 0.05) is 37.0 Å². The molecule has 0 aromatic heterocycles. The Morgan fingerprint density at radius 1 is 0.375 bits per heavy atom. The Labute approximate surface area is 343 Å². The van der Waals surface area contributed by atoms with Crippen molar-refractivity contribution in [3.8, 4) is 0 Å². The minimum absolute atomic E-state index is 0.0446. The number of hydrogen-bond acceptors (Lipinski definition) is 4. The Balaban J connectivity index is 1.48. The summed E-state index contributed by atoms with van der Waals surface area (Å²) in [5.41, 5.74) is 0. The average molecular weight is 783 g/mol. The largest absolute Gasteiger partial charge is 0.353 e. The highest BCUT2D eigenvalue weighted by Crippen LogP contribution is 2.33. The molecule has 0 aliphatic heterocycles. The number of amides is 4. The molecule has 4 rings (SSSR count). The van der Waals surface area contributed by atoms with Gasteiger partial charge in [0.05, 0.1) is 11.8 Å². The van der Waals surface area contributed by atoms with Gasteiger partial charge >= 0.3 is 0 Å². The Morgan fingerprint density at radius 2 is 0.607 bits per heavy atom. The van der Waals surface area contributed by atoms with Crippen LogP contribution in [0.2, 0.25) is 0 Å². The number of hydrogen-bond donors (Lipinski definition) is 4. The maximum Gasteiger partial charge on any atom is 0.224 e. The van der Waals surface area contributed by atoms with Crippen molar-refractivity contribution in [1.82, 2.24) is 21.3 Å². The van der Waals surface area contributed by atoms with Gasteiger partial charge in [-0.15, -0.1) is 0 Å². The van der Waals surface area contributed by atoms with Crippen molar-refractivity contribution in [1.29, 1.82) is 0 Å². The molecule has 0 aromatic rings. The first-order valence-electron chi connectivity index (χ1n) is 24.4. The lowest BCUT2D eigenvalue weighted by Gasteiger charge is -2.34. The van der Waals surface area contributed by atoms with E-state index in [9.17, 15) is 19.2 Å². The van der Waals surface area contributed by atoms with Gasteiger partial charge < -0.3 is 21.3 Å². The number of rotatable bonds is 23. The van der Waals surface area contributed by atoms with Crippen LogP contribution >= 0.6 is 0 Å². The van der Waals surface area contributed by atoms with Crippen molar-refractivity contribution in [3.05, 3.63) is 0 Å². The Kier molecular flexibility index (Phi) is 21.7. The normalized spacial score (nSPS) is 29.4. The van der Waals surface area contributed by atoms with Crippen LogP contribution in [-0.2, 0) is 19.2 Å². The van der Waals surface area contributed by atoms with Gasteiger partial charge in [-0.2, -0.15) is 0 Å². The molecule has 0 heterocycles. The van der Waals surface area contributed by atoms with Crippen molar-refractivity contribution >= 4 is 23.6 Å². The second-order valence-electron chi connectivity index (χ2n) is 19.2. The maximum absolute atomic E-state index is 14.5. The first kappa shape index (κ1) is 46.6. The molecule has 0 radical (unpaired) electrons.